The van der Waals surface area contributed by atoms with Crippen LogP contribution in [0.4, 0.5) is 0 Å². The average molecular weight is 288 g/mol. The van der Waals surface area contributed by atoms with Crippen LogP contribution in [0.25, 0.3) is 22.0 Å². The van der Waals surface area contributed by atoms with Gasteiger partial charge in [0.15, 0.2) is 0 Å². The molecule has 3 aromatic rings. The molecule has 0 N–H and O–H groups in total. The second-order valence-electron chi connectivity index (χ2n) is 3.90. The van der Waals surface area contributed by atoms with Crippen LogP contribution < -0.4 is 0 Å². The molecule has 3 rings (SSSR count). The highest BCUT2D eigenvalue weighted by Gasteiger charge is 2.08. The Kier molecular flexibility index (Phi) is 2.44. The van der Waals surface area contributed by atoms with Gasteiger partial charge in [-0.05, 0) is 17.7 Å². The van der Waals surface area contributed by atoms with Crippen LogP contribution in [0.15, 0.2) is 47.3 Å². The smallest absolute Gasteiger partial charge is 0.0788 e. The van der Waals surface area contributed by atoms with Gasteiger partial charge in [0.1, 0.15) is 0 Å². The van der Waals surface area contributed by atoms with Gasteiger partial charge in [-0.3, -0.25) is 9.67 Å². The number of hydrogen-bond acceptors (Lipinski definition) is 2. The molecule has 0 fully saturated rings. The number of aryl methyl sites for hydroxylation is 1. The van der Waals surface area contributed by atoms with Crippen molar-refractivity contribution in [1.29, 1.82) is 0 Å². The highest BCUT2D eigenvalue weighted by atomic mass is 79.9. The molecule has 84 valence electrons. The van der Waals surface area contributed by atoms with Crippen LogP contribution in [0.3, 0.4) is 0 Å². The summed E-state index contributed by atoms with van der Waals surface area (Å²) >= 11 is 3.49. The fourth-order valence-electron chi connectivity index (χ4n) is 2.00. The summed E-state index contributed by atoms with van der Waals surface area (Å²) in [6, 6.07) is 8.20. The molecule has 4 heteroatoms. The number of aromatic nitrogens is 3. The molecule has 0 aliphatic carbocycles. The predicted octanol–water partition coefficient (Wildman–Crippen LogP) is 3.40. The van der Waals surface area contributed by atoms with Crippen molar-refractivity contribution in [3.63, 3.8) is 0 Å². The highest BCUT2D eigenvalue weighted by Crippen LogP contribution is 2.28. The van der Waals surface area contributed by atoms with E-state index in [-0.39, 0.29) is 0 Å². The molecule has 0 atom stereocenters. The van der Waals surface area contributed by atoms with Gasteiger partial charge in [-0.2, -0.15) is 5.10 Å². The van der Waals surface area contributed by atoms with E-state index in [0.29, 0.717) is 0 Å². The van der Waals surface area contributed by atoms with Crippen molar-refractivity contribution in [1.82, 2.24) is 14.8 Å². The second kappa shape index (κ2) is 3.96. The maximum Gasteiger partial charge on any atom is 0.0788 e. The lowest BCUT2D eigenvalue weighted by atomic mass is 10.1. The van der Waals surface area contributed by atoms with E-state index in [2.05, 4.69) is 38.1 Å². The van der Waals surface area contributed by atoms with Gasteiger partial charge in [-0.25, -0.2) is 0 Å². The lowest BCUT2D eigenvalue weighted by Gasteiger charge is -2.05. The van der Waals surface area contributed by atoms with Crippen molar-refractivity contribution < 1.29 is 0 Å². The largest absolute Gasteiger partial charge is 0.267 e. The van der Waals surface area contributed by atoms with Crippen LogP contribution in [0.1, 0.15) is 0 Å². The normalized spacial score (nSPS) is 10.9. The molecule has 0 bridgehead atoms. The van der Waals surface area contributed by atoms with Crippen LogP contribution in [-0.4, -0.2) is 14.8 Å². The zero-order chi connectivity index (χ0) is 11.8. The first kappa shape index (κ1) is 10.5. The molecule has 17 heavy (non-hydrogen) atoms. The van der Waals surface area contributed by atoms with Crippen molar-refractivity contribution in [2.24, 2.45) is 7.05 Å². The Morgan fingerprint density at radius 3 is 2.88 bits per heavy atom. The summed E-state index contributed by atoms with van der Waals surface area (Å²) < 4.78 is 2.95. The zero-order valence-corrected chi connectivity index (χ0v) is 10.8. The van der Waals surface area contributed by atoms with Crippen LogP contribution in [-0.2, 0) is 7.05 Å². The predicted molar refractivity (Wildman–Crippen MR) is 71.6 cm³/mol. The van der Waals surface area contributed by atoms with Crippen LogP contribution in [0, 0.1) is 0 Å². The maximum atomic E-state index is 4.27. The van der Waals surface area contributed by atoms with E-state index in [1.165, 1.54) is 0 Å². The Balaban J connectivity index is 2.33. The minimum Gasteiger partial charge on any atom is -0.267 e. The van der Waals surface area contributed by atoms with E-state index in [9.17, 15) is 0 Å². The number of fused-ring (bicyclic) bond motifs is 1. The summed E-state index contributed by atoms with van der Waals surface area (Å²) in [5.41, 5.74) is 3.35. The maximum absolute atomic E-state index is 4.27. The fraction of sp³-hybridized carbons (Fsp3) is 0.0769. The van der Waals surface area contributed by atoms with Crippen molar-refractivity contribution in [3.8, 4) is 11.1 Å². The second-order valence-corrected chi connectivity index (χ2v) is 4.82. The van der Waals surface area contributed by atoms with Gasteiger partial charge >= 0.3 is 0 Å². The third-order valence-electron chi connectivity index (χ3n) is 2.78. The van der Waals surface area contributed by atoms with Gasteiger partial charge in [0.25, 0.3) is 0 Å². The summed E-state index contributed by atoms with van der Waals surface area (Å²) in [6.07, 6.45) is 5.55. The Morgan fingerprint density at radius 1 is 1.18 bits per heavy atom. The SMILES string of the molecule is Cn1ncc2cncc(-c3cccc(Br)c3)c21. The van der Waals surface area contributed by atoms with E-state index in [1.54, 1.807) is 0 Å². The Hall–Kier alpha value is -1.68. The number of halogens is 1. The molecule has 0 amide bonds. The molecular weight excluding hydrogens is 278 g/mol. The van der Waals surface area contributed by atoms with Gasteiger partial charge in [0, 0.05) is 34.9 Å². The number of benzene rings is 1. The molecule has 3 nitrogen and oxygen atoms in total. The first-order valence-electron chi connectivity index (χ1n) is 5.27. The molecule has 1 aromatic carbocycles. The number of nitrogens with zero attached hydrogens (tertiary/aromatic N) is 3. The first-order valence-corrected chi connectivity index (χ1v) is 6.06. The highest BCUT2D eigenvalue weighted by molar-refractivity contribution is 9.10. The summed E-state index contributed by atoms with van der Waals surface area (Å²) in [6.45, 7) is 0. The quantitative estimate of drug-likeness (QED) is 0.687. The summed E-state index contributed by atoms with van der Waals surface area (Å²) in [5.74, 6) is 0. The van der Waals surface area contributed by atoms with E-state index in [0.717, 1.165) is 26.5 Å². The Labute approximate surface area is 107 Å². The molecule has 0 saturated heterocycles. The zero-order valence-electron chi connectivity index (χ0n) is 9.26. The van der Waals surface area contributed by atoms with E-state index < -0.39 is 0 Å². The van der Waals surface area contributed by atoms with E-state index >= 15 is 0 Å². The Morgan fingerprint density at radius 2 is 2.06 bits per heavy atom. The van der Waals surface area contributed by atoms with Gasteiger partial charge in [0.2, 0.25) is 0 Å². The molecule has 0 radical (unpaired) electrons. The van der Waals surface area contributed by atoms with Crippen molar-refractivity contribution >= 4 is 26.8 Å². The molecule has 0 saturated carbocycles. The third kappa shape index (κ3) is 1.74. The fourth-order valence-corrected chi connectivity index (χ4v) is 2.40. The minimum atomic E-state index is 1.06. The molecule has 2 aromatic heterocycles. The standard InChI is InChI=1S/C13H10BrN3/c1-17-13-10(7-16-17)6-15-8-12(13)9-3-2-4-11(14)5-9/h2-8H,1H3. The monoisotopic (exact) mass is 287 g/mol. The number of rotatable bonds is 1. The van der Waals surface area contributed by atoms with Gasteiger partial charge in [0.05, 0.1) is 11.7 Å². The van der Waals surface area contributed by atoms with Crippen molar-refractivity contribution in [2.75, 3.05) is 0 Å². The van der Waals surface area contributed by atoms with Crippen molar-refractivity contribution in [3.05, 3.63) is 47.3 Å². The summed E-state index contributed by atoms with van der Waals surface area (Å²) in [5, 5.41) is 5.33. The van der Waals surface area contributed by atoms with Gasteiger partial charge in [-0.1, -0.05) is 28.1 Å². The topological polar surface area (TPSA) is 30.7 Å². The lowest BCUT2D eigenvalue weighted by Crippen LogP contribution is -1.92. The van der Waals surface area contributed by atoms with Crippen LogP contribution >= 0.6 is 15.9 Å². The lowest BCUT2D eigenvalue weighted by molar-refractivity contribution is 0.797. The molecular formula is C13H10BrN3. The van der Waals surface area contributed by atoms with Gasteiger partial charge < -0.3 is 0 Å². The number of hydrogen-bond donors (Lipinski definition) is 0. The third-order valence-corrected chi connectivity index (χ3v) is 3.27. The van der Waals surface area contributed by atoms with Crippen LogP contribution in [0.2, 0.25) is 0 Å². The van der Waals surface area contributed by atoms with Gasteiger partial charge in [-0.15, -0.1) is 0 Å². The molecule has 0 aliphatic rings. The number of pyridine rings is 1. The summed E-state index contributed by atoms with van der Waals surface area (Å²) in [7, 11) is 1.95. The minimum absolute atomic E-state index is 1.06. The molecule has 0 unspecified atom stereocenters. The molecule has 2 heterocycles. The first-order chi connectivity index (χ1) is 8.25. The average Bonchev–Trinajstić information content (AvgIpc) is 2.71. The van der Waals surface area contributed by atoms with Crippen molar-refractivity contribution in [2.45, 2.75) is 0 Å². The van der Waals surface area contributed by atoms with E-state index in [4.69, 9.17) is 0 Å². The van der Waals surface area contributed by atoms with E-state index in [1.807, 2.05) is 42.5 Å². The summed E-state index contributed by atoms with van der Waals surface area (Å²) in [4.78, 5) is 4.26. The van der Waals surface area contributed by atoms with Crippen LogP contribution in [0.5, 0.6) is 0 Å². The Bertz CT molecular complexity index is 688. The molecule has 0 aliphatic heterocycles. The molecule has 0 spiro atoms.